The lowest BCUT2D eigenvalue weighted by molar-refractivity contribution is -0.151. The fourth-order valence-electron chi connectivity index (χ4n) is 4.65. The van der Waals surface area contributed by atoms with Crippen molar-refractivity contribution in [2.75, 3.05) is 26.8 Å². The first kappa shape index (κ1) is 22.8. The van der Waals surface area contributed by atoms with Gasteiger partial charge in [0.1, 0.15) is 11.4 Å². The molecule has 0 saturated carbocycles. The van der Waals surface area contributed by atoms with E-state index in [4.69, 9.17) is 9.47 Å². The topological polar surface area (TPSA) is 73.1 Å². The molecule has 4 rings (SSSR count). The minimum atomic E-state index is -0.258. The van der Waals surface area contributed by atoms with E-state index in [0.29, 0.717) is 19.7 Å². The number of rotatable bonds is 7. The van der Waals surface area contributed by atoms with E-state index in [-0.39, 0.29) is 30.1 Å². The van der Waals surface area contributed by atoms with Crippen molar-refractivity contribution in [1.29, 1.82) is 0 Å². The second-order valence-corrected chi connectivity index (χ2v) is 8.54. The molecule has 0 aliphatic carbocycles. The number of amides is 1. The zero-order chi connectivity index (χ0) is 23.4. The highest BCUT2D eigenvalue weighted by Crippen LogP contribution is 2.35. The number of aromatic nitrogens is 2. The number of pyridine rings is 1. The van der Waals surface area contributed by atoms with Gasteiger partial charge in [-0.3, -0.25) is 9.59 Å². The van der Waals surface area contributed by atoms with Crippen LogP contribution in [0.4, 0.5) is 0 Å². The summed E-state index contributed by atoms with van der Waals surface area (Å²) < 4.78 is 12.9. The minimum Gasteiger partial charge on any atom is -0.496 e. The van der Waals surface area contributed by atoms with Gasteiger partial charge >= 0.3 is 5.97 Å². The van der Waals surface area contributed by atoms with Crippen molar-refractivity contribution in [3.63, 3.8) is 0 Å². The van der Waals surface area contributed by atoms with E-state index in [1.54, 1.807) is 18.9 Å². The molecule has 1 fully saturated rings. The van der Waals surface area contributed by atoms with Gasteiger partial charge in [-0.25, -0.2) is 4.98 Å². The van der Waals surface area contributed by atoms with Crippen LogP contribution in [0.5, 0.6) is 5.75 Å². The van der Waals surface area contributed by atoms with Gasteiger partial charge in [-0.2, -0.15) is 0 Å². The van der Waals surface area contributed by atoms with Crippen molar-refractivity contribution in [1.82, 2.24) is 14.3 Å². The number of esters is 1. The van der Waals surface area contributed by atoms with E-state index >= 15 is 0 Å². The van der Waals surface area contributed by atoms with Gasteiger partial charge in [-0.1, -0.05) is 18.2 Å². The van der Waals surface area contributed by atoms with Crippen LogP contribution >= 0.6 is 0 Å². The Bertz CT molecular complexity index is 1140. The molecule has 1 aliphatic rings. The number of likely N-dealkylation sites (tertiary alicyclic amines) is 1. The Morgan fingerprint density at radius 2 is 2.06 bits per heavy atom. The summed E-state index contributed by atoms with van der Waals surface area (Å²) in [6.07, 6.45) is 5.65. The van der Waals surface area contributed by atoms with Crippen molar-refractivity contribution in [2.24, 2.45) is 5.92 Å². The third kappa shape index (κ3) is 4.87. The van der Waals surface area contributed by atoms with Crippen molar-refractivity contribution < 1.29 is 19.1 Å². The molecule has 33 heavy (non-hydrogen) atoms. The summed E-state index contributed by atoms with van der Waals surface area (Å²) in [5.41, 5.74) is 3.84. The SMILES string of the molecule is CCOC(=O)C1CCCN(C(=O)CC(c2ccccc2OC)c2cnc3cc(C)ccn23)C1. The molecular weight excluding hydrogens is 418 g/mol. The largest absolute Gasteiger partial charge is 0.496 e. The number of hydrogen-bond donors (Lipinski definition) is 0. The van der Waals surface area contributed by atoms with Gasteiger partial charge in [-0.05, 0) is 50.5 Å². The second kappa shape index (κ2) is 10.1. The summed E-state index contributed by atoms with van der Waals surface area (Å²) in [5.74, 6) is 0.0382. The van der Waals surface area contributed by atoms with Crippen molar-refractivity contribution in [3.05, 3.63) is 65.6 Å². The number of carbonyl (C=O) groups excluding carboxylic acids is 2. The van der Waals surface area contributed by atoms with Crippen LogP contribution in [-0.2, 0) is 14.3 Å². The number of carbonyl (C=O) groups is 2. The molecule has 1 amide bonds. The molecule has 2 aromatic heterocycles. The molecule has 7 nitrogen and oxygen atoms in total. The van der Waals surface area contributed by atoms with Gasteiger partial charge < -0.3 is 18.8 Å². The molecule has 174 valence electrons. The Morgan fingerprint density at radius 3 is 2.85 bits per heavy atom. The summed E-state index contributed by atoms with van der Waals surface area (Å²) in [5, 5.41) is 0. The molecule has 1 saturated heterocycles. The molecule has 1 aromatic carbocycles. The van der Waals surface area contributed by atoms with E-state index in [0.717, 1.165) is 41.1 Å². The normalized spacial score (nSPS) is 17.1. The van der Waals surface area contributed by atoms with Gasteiger partial charge in [-0.15, -0.1) is 0 Å². The summed E-state index contributed by atoms with van der Waals surface area (Å²) in [6.45, 7) is 5.25. The minimum absolute atomic E-state index is 0.0157. The Kier molecular flexibility index (Phi) is 6.96. The van der Waals surface area contributed by atoms with Gasteiger partial charge in [0.25, 0.3) is 0 Å². The van der Waals surface area contributed by atoms with Crippen LogP contribution in [0.3, 0.4) is 0 Å². The molecule has 7 heteroatoms. The summed E-state index contributed by atoms with van der Waals surface area (Å²) >= 11 is 0. The average molecular weight is 450 g/mol. The number of hydrogen-bond acceptors (Lipinski definition) is 5. The van der Waals surface area contributed by atoms with Crippen LogP contribution in [0.15, 0.2) is 48.8 Å². The van der Waals surface area contributed by atoms with Crippen LogP contribution in [0.25, 0.3) is 5.65 Å². The van der Waals surface area contributed by atoms with Gasteiger partial charge in [0.05, 0.1) is 25.3 Å². The molecule has 2 atom stereocenters. The first-order valence-corrected chi connectivity index (χ1v) is 11.5. The van der Waals surface area contributed by atoms with Crippen LogP contribution < -0.4 is 4.74 Å². The molecule has 0 bridgehead atoms. The molecule has 3 aromatic rings. The maximum atomic E-state index is 13.5. The van der Waals surface area contributed by atoms with Gasteiger partial charge in [0.15, 0.2) is 0 Å². The van der Waals surface area contributed by atoms with E-state index in [1.165, 1.54) is 0 Å². The number of imidazole rings is 1. The fourth-order valence-corrected chi connectivity index (χ4v) is 4.65. The smallest absolute Gasteiger partial charge is 0.310 e. The number of aryl methyl sites for hydroxylation is 1. The number of benzene rings is 1. The highest BCUT2D eigenvalue weighted by molar-refractivity contribution is 5.80. The van der Waals surface area contributed by atoms with Crippen LogP contribution in [0.2, 0.25) is 0 Å². The fraction of sp³-hybridized carbons (Fsp3) is 0.423. The predicted molar refractivity (Wildman–Crippen MR) is 125 cm³/mol. The predicted octanol–water partition coefficient (Wildman–Crippen LogP) is 3.98. The van der Waals surface area contributed by atoms with Crippen LogP contribution in [0.1, 0.15) is 48.9 Å². The van der Waals surface area contributed by atoms with Crippen LogP contribution in [0, 0.1) is 12.8 Å². The molecule has 0 spiro atoms. The number of methoxy groups -OCH3 is 1. The third-order valence-corrected chi connectivity index (χ3v) is 6.34. The van der Waals surface area contributed by atoms with Crippen LogP contribution in [-0.4, -0.2) is 53.0 Å². The third-order valence-electron chi connectivity index (χ3n) is 6.34. The van der Waals surface area contributed by atoms with Crippen molar-refractivity contribution in [3.8, 4) is 5.75 Å². The van der Waals surface area contributed by atoms with E-state index in [9.17, 15) is 9.59 Å². The summed E-state index contributed by atoms with van der Waals surface area (Å²) in [6, 6.07) is 11.9. The molecule has 3 heterocycles. The van der Waals surface area contributed by atoms with E-state index in [2.05, 4.69) is 4.98 Å². The summed E-state index contributed by atoms with van der Waals surface area (Å²) in [7, 11) is 1.64. The maximum Gasteiger partial charge on any atom is 0.310 e. The standard InChI is InChI=1S/C26H31N3O4/c1-4-33-26(31)19-8-7-12-28(17-19)25(30)15-21(20-9-5-6-10-23(20)32-3)22-16-27-24-14-18(2)11-13-29(22)24/h5-6,9-11,13-14,16,19,21H,4,7-8,12,15,17H2,1-3H3. The first-order valence-electron chi connectivity index (χ1n) is 11.5. The summed E-state index contributed by atoms with van der Waals surface area (Å²) in [4.78, 5) is 32.2. The highest BCUT2D eigenvalue weighted by atomic mass is 16.5. The van der Waals surface area contributed by atoms with E-state index in [1.807, 2.05) is 60.1 Å². The molecule has 0 radical (unpaired) electrons. The number of nitrogens with zero attached hydrogens (tertiary/aromatic N) is 3. The van der Waals surface area contributed by atoms with Crippen molar-refractivity contribution in [2.45, 2.75) is 39.0 Å². The maximum absolute atomic E-state index is 13.5. The zero-order valence-electron chi connectivity index (χ0n) is 19.5. The Balaban J connectivity index is 1.65. The number of para-hydroxylation sites is 1. The lowest BCUT2D eigenvalue weighted by atomic mass is 9.90. The monoisotopic (exact) mass is 449 g/mol. The lowest BCUT2D eigenvalue weighted by Crippen LogP contribution is -2.43. The number of fused-ring (bicyclic) bond motifs is 1. The zero-order valence-corrected chi connectivity index (χ0v) is 19.5. The average Bonchev–Trinajstić information content (AvgIpc) is 3.25. The molecular formula is C26H31N3O4. The molecule has 0 N–H and O–H groups in total. The van der Waals surface area contributed by atoms with E-state index < -0.39 is 0 Å². The number of piperidine rings is 1. The Morgan fingerprint density at radius 1 is 1.24 bits per heavy atom. The lowest BCUT2D eigenvalue weighted by Gasteiger charge is -2.32. The van der Waals surface area contributed by atoms with Gasteiger partial charge in [0.2, 0.25) is 5.91 Å². The Hall–Kier alpha value is -3.35. The molecule has 1 aliphatic heterocycles. The Labute approximate surface area is 194 Å². The quantitative estimate of drug-likeness (QED) is 0.510. The van der Waals surface area contributed by atoms with Gasteiger partial charge in [0, 0.05) is 43.4 Å². The van der Waals surface area contributed by atoms with Crippen molar-refractivity contribution >= 4 is 17.5 Å². The molecule has 2 unspecified atom stereocenters. The first-order chi connectivity index (χ1) is 16.0. The second-order valence-electron chi connectivity index (χ2n) is 8.54. The highest BCUT2D eigenvalue weighted by Gasteiger charge is 2.32. The number of ether oxygens (including phenoxy) is 2.